The highest BCUT2D eigenvalue weighted by Gasteiger charge is 2.22. The van der Waals surface area contributed by atoms with Crippen LogP contribution in [-0.4, -0.2) is 33.3 Å². The third-order valence-corrected chi connectivity index (χ3v) is 4.88. The fraction of sp³-hybridized carbons (Fsp3) is 0.0455. The van der Waals surface area contributed by atoms with Crippen LogP contribution in [-0.2, 0) is 4.74 Å². The van der Waals surface area contributed by atoms with Crippen molar-refractivity contribution in [3.05, 3.63) is 95.2 Å². The Labute approximate surface area is 181 Å². The van der Waals surface area contributed by atoms with Crippen LogP contribution in [0.4, 0.5) is 10.1 Å². The average molecular weight is 439 g/mol. The van der Waals surface area contributed by atoms with Crippen molar-refractivity contribution < 1.29 is 18.7 Å². The number of methoxy groups -OCH3 is 1. The number of anilines is 1. The van der Waals surface area contributed by atoms with Crippen molar-refractivity contribution >= 4 is 29.2 Å². The Kier molecular flexibility index (Phi) is 5.55. The molecule has 4 aromatic rings. The average Bonchev–Trinajstić information content (AvgIpc) is 3.44. The van der Waals surface area contributed by atoms with Crippen molar-refractivity contribution in [2.24, 2.45) is 0 Å². The molecule has 0 spiro atoms. The second-order valence-corrected chi connectivity index (χ2v) is 6.88. The number of aromatic nitrogens is 3. The Morgan fingerprint density at radius 2 is 1.84 bits per heavy atom. The van der Waals surface area contributed by atoms with E-state index >= 15 is 0 Å². The van der Waals surface area contributed by atoms with Crippen LogP contribution in [0, 0.1) is 5.82 Å². The number of carbonyl (C=O) groups is 2. The van der Waals surface area contributed by atoms with Gasteiger partial charge in [0.05, 0.1) is 29.6 Å². The Bertz CT molecular complexity index is 1270. The Hall–Kier alpha value is -3.91. The van der Waals surface area contributed by atoms with E-state index in [2.05, 4.69) is 10.4 Å². The van der Waals surface area contributed by atoms with Gasteiger partial charge in [0.2, 0.25) is 0 Å². The summed E-state index contributed by atoms with van der Waals surface area (Å²) >= 11 is 6.19. The van der Waals surface area contributed by atoms with Crippen molar-refractivity contribution in [2.45, 2.75) is 0 Å². The third kappa shape index (κ3) is 3.93. The minimum absolute atomic E-state index is 0.180. The van der Waals surface area contributed by atoms with Crippen LogP contribution >= 0.6 is 11.6 Å². The van der Waals surface area contributed by atoms with Crippen molar-refractivity contribution in [3.63, 3.8) is 0 Å². The molecule has 0 bridgehead atoms. The number of para-hydroxylation sites is 1. The first-order valence-electron chi connectivity index (χ1n) is 9.15. The van der Waals surface area contributed by atoms with Gasteiger partial charge in [-0.05, 0) is 42.5 Å². The summed E-state index contributed by atoms with van der Waals surface area (Å²) < 4.78 is 22.1. The van der Waals surface area contributed by atoms with Crippen LogP contribution in [0.3, 0.4) is 0 Å². The first-order valence-corrected chi connectivity index (χ1v) is 9.53. The molecule has 1 N–H and O–H groups in total. The van der Waals surface area contributed by atoms with Gasteiger partial charge >= 0.3 is 5.97 Å². The number of amides is 1. The fourth-order valence-electron chi connectivity index (χ4n) is 3.08. The molecule has 2 heterocycles. The summed E-state index contributed by atoms with van der Waals surface area (Å²) in [4.78, 5) is 24.9. The van der Waals surface area contributed by atoms with E-state index in [9.17, 15) is 14.0 Å². The summed E-state index contributed by atoms with van der Waals surface area (Å²) in [5.74, 6) is -1.24. The molecule has 156 valence electrons. The van der Waals surface area contributed by atoms with Gasteiger partial charge in [0, 0.05) is 12.4 Å². The normalized spacial score (nSPS) is 10.7. The molecule has 0 radical (unpaired) electrons. The molecule has 0 saturated carbocycles. The molecule has 31 heavy (non-hydrogen) atoms. The molecule has 1 amide bonds. The van der Waals surface area contributed by atoms with Crippen LogP contribution in [0.2, 0.25) is 5.02 Å². The molecule has 2 aromatic heterocycles. The quantitative estimate of drug-likeness (QED) is 0.465. The zero-order valence-electron chi connectivity index (χ0n) is 16.3. The van der Waals surface area contributed by atoms with E-state index in [1.807, 2.05) is 0 Å². The van der Waals surface area contributed by atoms with Gasteiger partial charge in [0.1, 0.15) is 17.1 Å². The predicted octanol–water partition coefficient (Wildman–Crippen LogP) is 4.49. The number of carbonyl (C=O) groups excluding carboxylic acids is 2. The van der Waals surface area contributed by atoms with Crippen molar-refractivity contribution in [2.75, 3.05) is 12.4 Å². The number of benzene rings is 2. The lowest BCUT2D eigenvalue weighted by molar-refractivity contribution is 0.0600. The van der Waals surface area contributed by atoms with E-state index in [-0.39, 0.29) is 27.5 Å². The molecule has 0 aliphatic heterocycles. The van der Waals surface area contributed by atoms with E-state index in [1.54, 1.807) is 47.3 Å². The molecule has 0 fully saturated rings. The summed E-state index contributed by atoms with van der Waals surface area (Å²) in [7, 11) is 1.26. The molecular weight excluding hydrogens is 423 g/mol. The maximum Gasteiger partial charge on any atom is 0.337 e. The number of nitrogens with zero attached hydrogens (tertiary/aromatic N) is 3. The first kappa shape index (κ1) is 20.4. The molecular formula is C22H16ClFN4O3. The molecule has 4 rings (SSSR count). The van der Waals surface area contributed by atoms with Crippen LogP contribution in [0.15, 0.2) is 73.2 Å². The van der Waals surface area contributed by atoms with E-state index in [0.717, 1.165) is 0 Å². The first-order chi connectivity index (χ1) is 15.0. The maximum atomic E-state index is 14.4. The molecule has 0 aliphatic rings. The van der Waals surface area contributed by atoms with Crippen molar-refractivity contribution in [1.29, 1.82) is 0 Å². The summed E-state index contributed by atoms with van der Waals surface area (Å²) in [5, 5.41) is 7.16. The van der Waals surface area contributed by atoms with Gasteiger partial charge in [-0.3, -0.25) is 4.79 Å². The number of halogens is 2. The molecule has 0 aliphatic carbocycles. The molecule has 0 unspecified atom stereocenters. The molecule has 0 saturated heterocycles. The van der Waals surface area contributed by atoms with Crippen LogP contribution in [0.1, 0.15) is 20.7 Å². The van der Waals surface area contributed by atoms with Crippen molar-refractivity contribution in [1.82, 2.24) is 14.3 Å². The lowest BCUT2D eigenvalue weighted by Crippen LogP contribution is -2.16. The third-order valence-electron chi connectivity index (χ3n) is 4.55. The largest absolute Gasteiger partial charge is 0.465 e. The predicted molar refractivity (Wildman–Crippen MR) is 114 cm³/mol. The smallest absolute Gasteiger partial charge is 0.337 e. The van der Waals surface area contributed by atoms with E-state index < -0.39 is 17.7 Å². The highest BCUT2D eigenvalue weighted by atomic mass is 35.5. The van der Waals surface area contributed by atoms with E-state index in [0.29, 0.717) is 5.82 Å². The molecule has 0 atom stereocenters. The number of hydrogen-bond donors (Lipinski definition) is 1. The summed E-state index contributed by atoms with van der Waals surface area (Å²) in [6.45, 7) is 0. The van der Waals surface area contributed by atoms with Crippen LogP contribution in [0.5, 0.6) is 0 Å². The zero-order chi connectivity index (χ0) is 22.0. The topological polar surface area (TPSA) is 78.2 Å². The SMILES string of the molecule is COC(=O)c1ccc(Cl)c(NC(=O)c2cnn(-c3ccccc3F)c2-n2cccc2)c1. The van der Waals surface area contributed by atoms with Crippen LogP contribution < -0.4 is 5.32 Å². The molecule has 2 aromatic carbocycles. The monoisotopic (exact) mass is 438 g/mol. The summed E-state index contributed by atoms with van der Waals surface area (Å²) in [6, 6.07) is 14.1. The minimum Gasteiger partial charge on any atom is -0.465 e. The van der Waals surface area contributed by atoms with Gasteiger partial charge < -0.3 is 14.6 Å². The highest BCUT2D eigenvalue weighted by molar-refractivity contribution is 6.34. The molecule has 7 nitrogen and oxygen atoms in total. The number of rotatable bonds is 5. The lowest BCUT2D eigenvalue weighted by atomic mass is 10.2. The van der Waals surface area contributed by atoms with Gasteiger partial charge in [0.25, 0.3) is 5.91 Å². The second kappa shape index (κ2) is 8.45. The Balaban J connectivity index is 1.76. The van der Waals surface area contributed by atoms with Gasteiger partial charge in [-0.1, -0.05) is 23.7 Å². The van der Waals surface area contributed by atoms with Gasteiger partial charge in [-0.2, -0.15) is 5.10 Å². The van der Waals surface area contributed by atoms with Gasteiger partial charge in [-0.15, -0.1) is 0 Å². The second-order valence-electron chi connectivity index (χ2n) is 6.48. The Morgan fingerprint density at radius 3 is 2.55 bits per heavy atom. The number of ether oxygens (including phenoxy) is 1. The fourth-order valence-corrected chi connectivity index (χ4v) is 3.25. The van der Waals surface area contributed by atoms with Gasteiger partial charge in [-0.25, -0.2) is 13.9 Å². The Morgan fingerprint density at radius 1 is 1.10 bits per heavy atom. The van der Waals surface area contributed by atoms with E-state index in [4.69, 9.17) is 16.3 Å². The standard InChI is InChI=1S/C22H16ClFN4O3/c1-31-22(30)14-8-9-16(23)18(12-14)26-20(29)15-13-25-28(19-7-3-2-6-17(19)24)21(15)27-10-4-5-11-27/h2-13H,1H3,(H,26,29). The number of hydrogen-bond acceptors (Lipinski definition) is 4. The van der Waals surface area contributed by atoms with Crippen molar-refractivity contribution in [3.8, 4) is 11.5 Å². The maximum absolute atomic E-state index is 14.4. The zero-order valence-corrected chi connectivity index (χ0v) is 17.0. The number of esters is 1. The number of nitrogens with one attached hydrogen (secondary N) is 1. The highest BCUT2D eigenvalue weighted by Crippen LogP contribution is 2.26. The van der Waals surface area contributed by atoms with E-state index in [1.165, 1.54) is 42.3 Å². The van der Waals surface area contributed by atoms with Crippen LogP contribution in [0.25, 0.3) is 11.5 Å². The summed E-state index contributed by atoms with van der Waals surface area (Å²) in [6.07, 6.45) is 4.78. The molecule has 9 heteroatoms. The lowest BCUT2D eigenvalue weighted by Gasteiger charge is -2.12. The summed E-state index contributed by atoms with van der Waals surface area (Å²) in [5.41, 5.74) is 0.830. The van der Waals surface area contributed by atoms with Gasteiger partial charge in [0.15, 0.2) is 5.82 Å². The minimum atomic E-state index is -0.562.